The van der Waals surface area contributed by atoms with Crippen LogP contribution in [0.4, 0.5) is 0 Å². The molecule has 1 atom stereocenters. The second-order valence-electron chi connectivity index (χ2n) is 2.89. The molecule has 2 N–H and O–H groups in total. The molecule has 0 aromatic carbocycles. The first-order valence-corrected chi connectivity index (χ1v) is 5.44. The Hall–Kier alpha value is 0.240. The third kappa shape index (κ3) is 4.32. The maximum Gasteiger partial charge on any atom is 0.0931 e. The Balaban J connectivity index is 0.00000144. The van der Waals surface area contributed by atoms with Crippen LogP contribution in [0.15, 0.2) is 12.1 Å². The van der Waals surface area contributed by atoms with Gasteiger partial charge in [0.05, 0.1) is 4.34 Å². The number of halogens is 2. The van der Waals surface area contributed by atoms with Gasteiger partial charge < -0.3 is 5.73 Å². The highest BCUT2D eigenvalue weighted by molar-refractivity contribution is 7.16. The van der Waals surface area contributed by atoms with Crippen molar-refractivity contribution in [3.63, 3.8) is 0 Å². The standard InChI is InChI=1S/C9H14ClNS.ClH/c1-2-3-4-7(11)8-5-6-9(10)12-8;/h5-7H,2-4,11H2,1H3;1H/t7-;/m1./s1. The summed E-state index contributed by atoms with van der Waals surface area (Å²) in [5.74, 6) is 0. The third-order valence-corrected chi connectivity index (χ3v) is 3.19. The molecule has 0 spiro atoms. The zero-order valence-corrected chi connectivity index (χ0v) is 10.0. The van der Waals surface area contributed by atoms with Crippen LogP contribution >= 0.6 is 35.3 Å². The van der Waals surface area contributed by atoms with Gasteiger partial charge in [0.1, 0.15) is 0 Å². The van der Waals surface area contributed by atoms with Crippen molar-refractivity contribution in [3.05, 3.63) is 21.3 Å². The van der Waals surface area contributed by atoms with Crippen molar-refractivity contribution < 1.29 is 0 Å². The molecule has 0 unspecified atom stereocenters. The minimum atomic E-state index is 0. The predicted octanol–water partition coefficient (Wildman–Crippen LogP) is 4.01. The van der Waals surface area contributed by atoms with E-state index < -0.39 is 0 Å². The molecule has 0 aliphatic carbocycles. The van der Waals surface area contributed by atoms with E-state index in [9.17, 15) is 0 Å². The second kappa shape index (κ2) is 6.66. The van der Waals surface area contributed by atoms with E-state index in [2.05, 4.69) is 6.92 Å². The van der Waals surface area contributed by atoms with Gasteiger partial charge in [0.2, 0.25) is 0 Å². The fraction of sp³-hybridized carbons (Fsp3) is 0.556. The van der Waals surface area contributed by atoms with E-state index >= 15 is 0 Å². The molecule has 0 saturated heterocycles. The fourth-order valence-corrected chi connectivity index (χ4v) is 2.19. The number of hydrogen-bond donors (Lipinski definition) is 1. The number of nitrogens with two attached hydrogens (primary N) is 1. The van der Waals surface area contributed by atoms with Crippen molar-refractivity contribution >= 4 is 35.3 Å². The monoisotopic (exact) mass is 239 g/mol. The third-order valence-electron chi connectivity index (χ3n) is 1.83. The topological polar surface area (TPSA) is 26.0 Å². The number of hydrogen-bond acceptors (Lipinski definition) is 2. The largest absolute Gasteiger partial charge is 0.323 e. The number of unbranched alkanes of at least 4 members (excludes halogenated alkanes) is 1. The van der Waals surface area contributed by atoms with Crippen LogP contribution in [0.3, 0.4) is 0 Å². The first kappa shape index (κ1) is 13.2. The Kier molecular flexibility index (Phi) is 6.78. The van der Waals surface area contributed by atoms with E-state index in [4.69, 9.17) is 17.3 Å². The van der Waals surface area contributed by atoms with Gasteiger partial charge in [-0.1, -0.05) is 31.4 Å². The Labute approximate surface area is 94.7 Å². The average molecular weight is 240 g/mol. The van der Waals surface area contributed by atoms with E-state index in [-0.39, 0.29) is 18.4 Å². The van der Waals surface area contributed by atoms with Gasteiger partial charge in [-0.3, -0.25) is 0 Å². The lowest BCUT2D eigenvalue weighted by Crippen LogP contribution is -2.07. The average Bonchev–Trinajstić information content (AvgIpc) is 2.47. The minimum Gasteiger partial charge on any atom is -0.323 e. The molecule has 1 heterocycles. The first-order chi connectivity index (χ1) is 5.74. The highest BCUT2D eigenvalue weighted by Crippen LogP contribution is 2.27. The summed E-state index contributed by atoms with van der Waals surface area (Å²) in [7, 11) is 0. The molecule has 1 aromatic heterocycles. The van der Waals surface area contributed by atoms with Crippen LogP contribution in [-0.4, -0.2) is 0 Å². The van der Waals surface area contributed by atoms with E-state index in [0.717, 1.165) is 10.8 Å². The zero-order chi connectivity index (χ0) is 8.97. The summed E-state index contributed by atoms with van der Waals surface area (Å²) in [6, 6.07) is 4.11. The smallest absolute Gasteiger partial charge is 0.0931 e. The molecule has 0 bridgehead atoms. The molecule has 1 nitrogen and oxygen atoms in total. The van der Waals surface area contributed by atoms with Crippen LogP contribution in [0, 0.1) is 0 Å². The summed E-state index contributed by atoms with van der Waals surface area (Å²) in [4.78, 5) is 1.20. The van der Waals surface area contributed by atoms with Crippen LogP contribution in [0.1, 0.15) is 37.1 Å². The van der Waals surface area contributed by atoms with Crippen LogP contribution in [0.5, 0.6) is 0 Å². The summed E-state index contributed by atoms with van der Waals surface area (Å²) < 4.78 is 0.831. The van der Waals surface area contributed by atoms with Gasteiger partial charge in [0.25, 0.3) is 0 Å². The summed E-state index contributed by atoms with van der Waals surface area (Å²) >= 11 is 7.39. The molecule has 0 fully saturated rings. The maximum atomic E-state index is 5.95. The van der Waals surface area contributed by atoms with Crippen LogP contribution in [0.25, 0.3) is 0 Å². The molecular weight excluding hydrogens is 225 g/mol. The Morgan fingerprint density at radius 3 is 2.69 bits per heavy atom. The van der Waals surface area contributed by atoms with Crippen molar-refractivity contribution in [1.82, 2.24) is 0 Å². The Morgan fingerprint density at radius 1 is 1.54 bits per heavy atom. The van der Waals surface area contributed by atoms with Crippen molar-refractivity contribution in [1.29, 1.82) is 0 Å². The minimum absolute atomic E-state index is 0. The SMILES string of the molecule is CCCC[C@@H](N)c1ccc(Cl)s1.Cl. The van der Waals surface area contributed by atoms with Gasteiger partial charge in [0, 0.05) is 10.9 Å². The van der Waals surface area contributed by atoms with E-state index in [1.165, 1.54) is 17.7 Å². The van der Waals surface area contributed by atoms with Crippen molar-refractivity contribution in [2.75, 3.05) is 0 Å². The highest BCUT2D eigenvalue weighted by Gasteiger charge is 2.07. The molecule has 0 saturated carbocycles. The van der Waals surface area contributed by atoms with Gasteiger partial charge in [-0.2, -0.15) is 0 Å². The van der Waals surface area contributed by atoms with Crippen molar-refractivity contribution in [3.8, 4) is 0 Å². The summed E-state index contributed by atoms with van der Waals surface area (Å²) in [6.07, 6.45) is 3.46. The van der Waals surface area contributed by atoms with Gasteiger partial charge >= 0.3 is 0 Å². The first-order valence-electron chi connectivity index (χ1n) is 4.25. The predicted molar refractivity (Wildman–Crippen MR) is 63.0 cm³/mol. The molecule has 0 aliphatic rings. The molecule has 0 amide bonds. The van der Waals surface area contributed by atoms with Gasteiger partial charge in [0.15, 0.2) is 0 Å². The maximum absolute atomic E-state index is 5.95. The summed E-state index contributed by atoms with van der Waals surface area (Å²) in [5, 5.41) is 0. The van der Waals surface area contributed by atoms with E-state index in [1.807, 2.05) is 12.1 Å². The van der Waals surface area contributed by atoms with Gasteiger partial charge in [-0.05, 0) is 18.6 Å². The van der Waals surface area contributed by atoms with E-state index in [1.54, 1.807) is 11.3 Å². The lowest BCUT2D eigenvalue weighted by molar-refractivity contribution is 0.611. The van der Waals surface area contributed by atoms with E-state index in [0.29, 0.717) is 0 Å². The highest BCUT2D eigenvalue weighted by atomic mass is 35.5. The molecule has 13 heavy (non-hydrogen) atoms. The lowest BCUT2D eigenvalue weighted by atomic mass is 10.1. The molecule has 76 valence electrons. The van der Waals surface area contributed by atoms with Gasteiger partial charge in [-0.15, -0.1) is 23.7 Å². The van der Waals surface area contributed by atoms with Crippen molar-refractivity contribution in [2.24, 2.45) is 5.73 Å². The number of thiophene rings is 1. The summed E-state index contributed by atoms with van der Waals surface area (Å²) in [5.41, 5.74) is 5.95. The molecule has 1 aromatic rings. The molecule has 0 radical (unpaired) electrons. The molecule has 4 heteroatoms. The second-order valence-corrected chi connectivity index (χ2v) is 4.64. The fourth-order valence-electron chi connectivity index (χ4n) is 1.09. The van der Waals surface area contributed by atoms with Crippen LogP contribution < -0.4 is 5.73 Å². The van der Waals surface area contributed by atoms with Crippen LogP contribution in [-0.2, 0) is 0 Å². The summed E-state index contributed by atoms with van der Waals surface area (Å²) in [6.45, 7) is 2.17. The lowest BCUT2D eigenvalue weighted by Gasteiger charge is -2.07. The van der Waals surface area contributed by atoms with Gasteiger partial charge in [-0.25, -0.2) is 0 Å². The Morgan fingerprint density at radius 2 is 2.23 bits per heavy atom. The van der Waals surface area contributed by atoms with Crippen molar-refractivity contribution in [2.45, 2.75) is 32.2 Å². The molecular formula is C9H15Cl2NS. The normalized spacial score (nSPS) is 12.2. The quantitative estimate of drug-likeness (QED) is 0.845. The molecule has 1 rings (SSSR count). The van der Waals surface area contributed by atoms with Crippen LogP contribution in [0.2, 0.25) is 4.34 Å². The Bertz CT molecular complexity index is 237. The molecule has 0 aliphatic heterocycles. The number of rotatable bonds is 4. The zero-order valence-electron chi connectivity index (χ0n) is 7.63.